The number of amides is 2. The Balaban J connectivity index is 1.67. The maximum atomic E-state index is 12.4. The SMILES string of the molecule is O=C(Nc1nncs1)N1CCCC[C@@H]1Cc1ccccc1. The molecule has 0 radical (unpaired) electrons. The van der Waals surface area contributed by atoms with Crippen molar-refractivity contribution < 1.29 is 4.79 Å². The number of nitrogens with one attached hydrogen (secondary N) is 1. The van der Waals surface area contributed by atoms with Crippen LogP contribution in [-0.4, -0.2) is 33.7 Å². The predicted molar refractivity (Wildman–Crippen MR) is 83.4 cm³/mol. The molecule has 0 spiro atoms. The maximum absolute atomic E-state index is 12.4. The number of hydrogen-bond acceptors (Lipinski definition) is 4. The largest absolute Gasteiger partial charge is 0.323 e. The summed E-state index contributed by atoms with van der Waals surface area (Å²) in [4.78, 5) is 14.4. The fraction of sp³-hybridized carbons (Fsp3) is 0.400. The first kappa shape index (κ1) is 14.0. The van der Waals surface area contributed by atoms with Crippen LogP contribution >= 0.6 is 11.3 Å². The number of rotatable bonds is 3. The van der Waals surface area contributed by atoms with Crippen molar-refractivity contribution in [1.29, 1.82) is 0 Å². The van der Waals surface area contributed by atoms with Crippen LogP contribution in [0.5, 0.6) is 0 Å². The average Bonchev–Trinajstić information content (AvgIpc) is 3.02. The van der Waals surface area contributed by atoms with E-state index in [1.54, 1.807) is 5.51 Å². The molecule has 1 aliphatic heterocycles. The van der Waals surface area contributed by atoms with Gasteiger partial charge >= 0.3 is 6.03 Å². The third-order valence-electron chi connectivity index (χ3n) is 3.78. The first-order chi connectivity index (χ1) is 10.3. The number of nitrogens with zero attached hydrogens (tertiary/aromatic N) is 3. The van der Waals surface area contributed by atoms with Crippen molar-refractivity contribution in [3.8, 4) is 0 Å². The second kappa shape index (κ2) is 6.67. The molecule has 0 bridgehead atoms. The van der Waals surface area contributed by atoms with E-state index in [0.717, 1.165) is 25.8 Å². The summed E-state index contributed by atoms with van der Waals surface area (Å²) in [6.45, 7) is 0.808. The molecule has 1 atom stereocenters. The Morgan fingerprint density at radius 1 is 1.33 bits per heavy atom. The number of piperidine rings is 1. The Hall–Kier alpha value is -1.95. The van der Waals surface area contributed by atoms with E-state index >= 15 is 0 Å². The van der Waals surface area contributed by atoms with Crippen LogP contribution in [0.3, 0.4) is 0 Å². The molecule has 21 heavy (non-hydrogen) atoms. The van der Waals surface area contributed by atoms with Crippen LogP contribution in [0, 0.1) is 0 Å². The Labute approximate surface area is 128 Å². The van der Waals surface area contributed by atoms with Crippen molar-refractivity contribution in [1.82, 2.24) is 15.1 Å². The molecule has 2 aromatic rings. The first-order valence-electron chi connectivity index (χ1n) is 7.20. The fourth-order valence-electron chi connectivity index (χ4n) is 2.76. The van der Waals surface area contributed by atoms with Crippen LogP contribution in [-0.2, 0) is 6.42 Å². The van der Waals surface area contributed by atoms with E-state index in [1.165, 1.54) is 23.3 Å². The van der Waals surface area contributed by atoms with Gasteiger partial charge in [0, 0.05) is 12.6 Å². The van der Waals surface area contributed by atoms with Crippen LogP contribution in [0.15, 0.2) is 35.8 Å². The lowest BCUT2D eigenvalue weighted by Gasteiger charge is -2.35. The van der Waals surface area contributed by atoms with Crippen molar-refractivity contribution in [3.05, 3.63) is 41.4 Å². The van der Waals surface area contributed by atoms with E-state index in [1.807, 2.05) is 23.1 Å². The highest BCUT2D eigenvalue weighted by atomic mass is 32.1. The number of likely N-dealkylation sites (tertiary alicyclic amines) is 1. The maximum Gasteiger partial charge on any atom is 0.323 e. The monoisotopic (exact) mass is 302 g/mol. The van der Waals surface area contributed by atoms with Crippen LogP contribution in [0.25, 0.3) is 0 Å². The molecule has 2 heterocycles. The smallest absolute Gasteiger partial charge is 0.321 e. The number of urea groups is 1. The van der Waals surface area contributed by atoms with Gasteiger partial charge in [-0.2, -0.15) is 0 Å². The van der Waals surface area contributed by atoms with Gasteiger partial charge in [-0.1, -0.05) is 41.7 Å². The molecule has 5 nitrogen and oxygen atoms in total. The first-order valence-corrected chi connectivity index (χ1v) is 8.08. The summed E-state index contributed by atoms with van der Waals surface area (Å²) >= 11 is 1.34. The standard InChI is InChI=1S/C15H18N4OS/c20-15(17-14-18-16-11-21-14)19-9-5-4-8-13(19)10-12-6-2-1-3-7-12/h1-3,6-7,11,13H,4-5,8-10H2,(H,17,18,20)/t13-/m1/s1. The number of carbonyl (C=O) groups excluding carboxylic acids is 1. The molecule has 1 N–H and O–H groups in total. The summed E-state index contributed by atoms with van der Waals surface area (Å²) in [7, 11) is 0. The molecular weight excluding hydrogens is 284 g/mol. The lowest BCUT2D eigenvalue weighted by molar-refractivity contribution is 0.162. The van der Waals surface area contributed by atoms with Gasteiger partial charge in [-0.15, -0.1) is 10.2 Å². The van der Waals surface area contributed by atoms with Crippen molar-refractivity contribution in [3.63, 3.8) is 0 Å². The highest BCUT2D eigenvalue weighted by Crippen LogP contribution is 2.22. The average molecular weight is 302 g/mol. The molecule has 0 aliphatic carbocycles. The van der Waals surface area contributed by atoms with Gasteiger partial charge in [0.05, 0.1) is 0 Å². The minimum absolute atomic E-state index is 0.0626. The van der Waals surface area contributed by atoms with Gasteiger partial charge in [0.15, 0.2) is 0 Å². The lowest BCUT2D eigenvalue weighted by Crippen LogP contribution is -2.46. The van der Waals surface area contributed by atoms with Gasteiger partial charge in [-0.05, 0) is 31.2 Å². The Morgan fingerprint density at radius 3 is 2.95 bits per heavy atom. The van der Waals surface area contributed by atoms with Gasteiger partial charge in [0.2, 0.25) is 5.13 Å². The molecule has 0 saturated carbocycles. The molecule has 6 heteroatoms. The third-order valence-corrected chi connectivity index (χ3v) is 4.38. The minimum Gasteiger partial charge on any atom is -0.321 e. The fourth-order valence-corrected chi connectivity index (χ4v) is 3.19. The van der Waals surface area contributed by atoms with Crippen LogP contribution in [0.2, 0.25) is 0 Å². The normalized spacial score (nSPS) is 18.5. The second-order valence-electron chi connectivity index (χ2n) is 5.21. The van der Waals surface area contributed by atoms with E-state index < -0.39 is 0 Å². The topological polar surface area (TPSA) is 58.1 Å². The molecule has 1 aliphatic rings. The van der Waals surface area contributed by atoms with E-state index in [4.69, 9.17) is 0 Å². The van der Waals surface area contributed by atoms with Crippen LogP contribution in [0.4, 0.5) is 9.93 Å². The van der Waals surface area contributed by atoms with Crippen LogP contribution < -0.4 is 5.32 Å². The zero-order valence-electron chi connectivity index (χ0n) is 11.7. The quantitative estimate of drug-likeness (QED) is 0.947. The van der Waals surface area contributed by atoms with Crippen molar-refractivity contribution in [2.24, 2.45) is 0 Å². The highest BCUT2D eigenvalue weighted by molar-refractivity contribution is 7.13. The third kappa shape index (κ3) is 3.58. The Kier molecular flexibility index (Phi) is 4.45. The molecule has 110 valence electrons. The molecule has 1 fully saturated rings. The molecule has 1 aromatic carbocycles. The summed E-state index contributed by atoms with van der Waals surface area (Å²) in [5.74, 6) is 0. The number of carbonyl (C=O) groups is 1. The summed E-state index contributed by atoms with van der Waals surface area (Å²) < 4.78 is 0. The summed E-state index contributed by atoms with van der Waals surface area (Å²) in [5.41, 5.74) is 2.89. The molecular formula is C15H18N4OS. The molecule has 1 aromatic heterocycles. The lowest BCUT2D eigenvalue weighted by atomic mass is 9.96. The van der Waals surface area contributed by atoms with Crippen molar-refractivity contribution in [2.75, 3.05) is 11.9 Å². The van der Waals surface area contributed by atoms with Gasteiger partial charge in [0.25, 0.3) is 0 Å². The van der Waals surface area contributed by atoms with Crippen LogP contribution in [0.1, 0.15) is 24.8 Å². The second-order valence-corrected chi connectivity index (χ2v) is 6.04. The predicted octanol–water partition coefficient (Wildman–Crippen LogP) is 3.17. The molecule has 3 rings (SSSR count). The number of aromatic nitrogens is 2. The van der Waals surface area contributed by atoms with E-state index in [2.05, 4.69) is 27.6 Å². The van der Waals surface area contributed by atoms with Crippen molar-refractivity contribution in [2.45, 2.75) is 31.7 Å². The summed E-state index contributed by atoms with van der Waals surface area (Å²) in [5, 5.41) is 11.0. The number of anilines is 1. The summed E-state index contributed by atoms with van der Waals surface area (Å²) in [6, 6.07) is 10.5. The number of hydrogen-bond donors (Lipinski definition) is 1. The Bertz CT molecular complexity index is 573. The van der Waals surface area contributed by atoms with Crippen molar-refractivity contribution >= 4 is 22.5 Å². The Morgan fingerprint density at radius 2 is 2.19 bits per heavy atom. The minimum atomic E-state index is -0.0626. The number of benzene rings is 1. The zero-order valence-corrected chi connectivity index (χ0v) is 12.6. The van der Waals surface area contributed by atoms with Gasteiger partial charge in [-0.25, -0.2) is 4.79 Å². The van der Waals surface area contributed by atoms with Gasteiger partial charge in [-0.3, -0.25) is 5.32 Å². The highest BCUT2D eigenvalue weighted by Gasteiger charge is 2.27. The zero-order chi connectivity index (χ0) is 14.5. The summed E-state index contributed by atoms with van der Waals surface area (Å²) in [6.07, 6.45) is 4.21. The molecule has 1 saturated heterocycles. The molecule has 0 unspecified atom stereocenters. The van der Waals surface area contributed by atoms with E-state index in [0.29, 0.717) is 5.13 Å². The van der Waals surface area contributed by atoms with E-state index in [9.17, 15) is 4.79 Å². The van der Waals surface area contributed by atoms with E-state index in [-0.39, 0.29) is 12.1 Å². The molecule has 2 amide bonds. The van der Waals surface area contributed by atoms with Gasteiger partial charge in [0.1, 0.15) is 5.51 Å². The van der Waals surface area contributed by atoms with Gasteiger partial charge < -0.3 is 4.90 Å².